The molecule has 0 radical (unpaired) electrons. The van der Waals surface area contributed by atoms with E-state index in [1.54, 1.807) is 0 Å². The predicted molar refractivity (Wildman–Crippen MR) is 59.6 cm³/mol. The molecule has 0 saturated carbocycles. The largest absolute Gasteiger partial charge is 0.396 e. The van der Waals surface area contributed by atoms with Crippen LogP contribution in [-0.4, -0.2) is 11.7 Å². The van der Waals surface area contributed by atoms with Gasteiger partial charge in [0.2, 0.25) is 0 Å². The molecule has 0 fully saturated rings. The van der Waals surface area contributed by atoms with Crippen molar-refractivity contribution in [3.05, 3.63) is 39.9 Å². The maximum atomic E-state index is 8.61. The van der Waals surface area contributed by atoms with E-state index in [1.807, 2.05) is 24.3 Å². The van der Waals surface area contributed by atoms with Gasteiger partial charge in [-0.1, -0.05) is 40.2 Å². The molecule has 1 aromatic rings. The lowest BCUT2D eigenvalue weighted by atomic mass is 10.1. The van der Waals surface area contributed by atoms with Gasteiger partial charge in [-0.15, -0.1) is 0 Å². The lowest BCUT2D eigenvalue weighted by Crippen LogP contribution is -1.82. The molecular formula is C11H13BrO. The molecule has 0 atom stereocenters. The first-order valence-electron chi connectivity index (χ1n) is 4.28. The highest BCUT2D eigenvalue weighted by atomic mass is 79.9. The van der Waals surface area contributed by atoms with Gasteiger partial charge in [0.05, 0.1) is 0 Å². The van der Waals surface area contributed by atoms with Crippen molar-refractivity contribution in [2.45, 2.75) is 13.3 Å². The lowest BCUT2D eigenvalue weighted by Gasteiger charge is -2.01. The van der Waals surface area contributed by atoms with Gasteiger partial charge in [-0.25, -0.2) is 0 Å². The van der Waals surface area contributed by atoms with Crippen LogP contribution >= 0.6 is 15.9 Å². The molecule has 0 aliphatic heterocycles. The van der Waals surface area contributed by atoms with Crippen molar-refractivity contribution < 1.29 is 5.11 Å². The second kappa shape index (κ2) is 5.20. The van der Waals surface area contributed by atoms with Gasteiger partial charge in [0.15, 0.2) is 0 Å². The maximum absolute atomic E-state index is 8.61. The van der Waals surface area contributed by atoms with Crippen LogP contribution in [0.1, 0.15) is 17.5 Å². The van der Waals surface area contributed by atoms with Crippen LogP contribution in [0, 0.1) is 6.92 Å². The second-order valence-electron chi connectivity index (χ2n) is 2.87. The normalized spacial score (nSPS) is 11.0. The SMILES string of the molecule is Cc1c(Br)cccc1C=CCCO. The smallest absolute Gasteiger partial charge is 0.0465 e. The van der Waals surface area contributed by atoms with E-state index in [0.717, 1.165) is 4.47 Å². The van der Waals surface area contributed by atoms with Crippen molar-refractivity contribution in [3.8, 4) is 0 Å². The molecule has 0 aliphatic rings. The lowest BCUT2D eigenvalue weighted by molar-refractivity contribution is 0.303. The first-order valence-corrected chi connectivity index (χ1v) is 5.07. The minimum Gasteiger partial charge on any atom is -0.396 e. The van der Waals surface area contributed by atoms with Crippen LogP contribution in [0.3, 0.4) is 0 Å². The van der Waals surface area contributed by atoms with E-state index in [9.17, 15) is 0 Å². The highest BCUT2D eigenvalue weighted by molar-refractivity contribution is 9.10. The Bertz CT molecular complexity index is 305. The third-order valence-corrected chi connectivity index (χ3v) is 2.76. The van der Waals surface area contributed by atoms with Gasteiger partial charge in [-0.2, -0.15) is 0 Å². The van der Waals surface area contributed by atoms with Gasteiger partial charge in [0.25, 0.3) is 0 Å². The standard InChI is InChI=1S/C11H13BrO/c1-9-10(5-2-3-8-13)6-4-7-11(9)12/h2,4-7,13H,3,8H2,1H3. The monoisotopic (exact) mass is 240 g/mol. The highest BCUT2D eigenvalue weighted by Crippen LogP contribution is 2.20. The molecule has 0 amide bonds. The summed E-state index contributed by atoms with van der Waals surface area (Å²) in [6, 6.07) is 6.10. The summed E-state index contributed by atoms with van der Waals surface area (Å²) in [6.07, 6.45) is 4.73. The molecule has 1 nitrogen and oxygen atoms in total. The van der Waals surface area contributed by atoms with Gasteiger partial charge >= 0.3 is 0 Å². The molecule has 13 heavy (non-hydrogen) atoms. The number of aliphatic hydroxyl groups is 1. The predicted octanol–water partition coefficient (Wildman–Crippen LogP) is 3.15. The molecule has 0 saturated heterocycles. The Hall–Kier alpha value is -0.600. The average molecular weight is 241 g/mol. The van der Waals surface area contributed by atoms with Crippen molar-refractivity contribution in [2.24, 2.45) is 0 Å². The van der Waals surface area contributed by atoms with Gasteiger partial charge in [-0.3, -0.25) is 0 Å². The van der Waals surface area contributed by atoms with E-state index < -0.39 is 0 Å². The summed E-state index contributed by atoms with van der Waals surface area (Å²) in [7, 11) is 0. The van der Waals surface area contributed by atoms with E-state index in [4.69, 9.17) is 5.11 Å². The second-order valence-corrected chi connectivity index (χ2v) is 3.72. The van der Waals surface area contributed by atoms with Crippen LogP contribution in [0.2, 0.25) is 0 Å². The average Bonchev–Trinajstić information content (AvgIpc) is 2.13. The first kappa shape index (κ1) is 10.5. The number of hydrogen-bond donors (Lipinski definition) is 1. The van der Waals surface area contributed by atoms with Gasteiger partial charge in [0.1, 0.15) is 0 Å². The number of halogens is 1. The van der Waals surface area contributed by atoms with Crippen molar-refractivity contribution in [2.75, 3.05) is 6.61 Å². The fourth-order valence-corrected chi connectivity index (χ4v) is 1.47. The summed E-state index contributed by atoms with van der Waals surface area (Å²) < 4.78 is 1.12. The van der Waals surface area contributed by atoms with Crippen molar-refractivity contribution in [1.29, 1.82) is 0 Å². The van der Waals surface area contributed by atoms with Crippen LogP contribution in [0.5, 0.6) is 0 Å². The summed E-state index contributed by atoms with van der Waals surface area (Å²) >= 11 is 3.47. The Morgan fingerprint density at radius 1 is 1.46 bits per heavy atom. The van der Waals surface area contributed by atoms with Crippen molar-refractivity contribution >= 4 is 22.0 Å². The van der Waals surface area contributed by atoms with Crippen molar-refractivity contribution in [3.63, 3.8) is 0 Å². The van der Waals surface area contributed by atoms with Gasteiger partial charge in [-0.05, 0) is 30.5 Å². The topological polar surface area (TPSA) is 20.2 Å². The third kappa shape index (κ3) is 2.98. The molecule has 0 aliphatic carbocycles. The number of rotatable bonds is 3. The molecule has 0 unspecified atom stereocenters. The number of aliphatic hydroxyl groups excluding tert-OH is 1. The molecule has 0 bridgehead atoms. The summed E-state index contributed by atoms with van der Waals surface area (Å²) in [5.41, 5.74) is 2.43. The molecule has 0 aromatic heterocycles. The molecule has 1 rings (SSSR count). The summed E-state index contributed by atoms with van der Waals surface area (Å²) in [4.78, 5) is 0. The minimum absolute atomic E-state index is 0.212. The Morgan fingerprint density at radius 2 is 2.23 bits per heavy atom. The van der Waals surface area contributed by atoms with Gasteiger partial charge < -0.3 is 5.11 Å². The van der Waals surface area contributed by atoms with E-state index in [2.05, 4.69) is 28.9 Å². The van der Waals surface area contributed by atoms with E-state index in [0.29, 0.717) is 6.42 Å². The molecule has 70 valence electrons. The molecule has 2 heteroatoms. The summed E-state index contributed by atoms with van der Waals surface area (Å²) in [5, 5.41) is 8.61. The van der Waals surface area contributed by atoms with Crippen LogP contribution in [0.4, 0.5) is 0 Å². The Kier molecular flexibility index (Phi) is 4.19. The van der Waals surface area contributed by atoms with E-state index >= 15 is 0 Å². The Morgan fingerprint density at radius 3 is 2.92 bits per heavy atom. The minimum atomic E-state index is 0.212. The van der Waals surface area contributed by atoms with Crippen molar-refractivity contribution in [1.82, 2.24) is 0 Å². The molecular weight excluding hydrogens is 228 g/mol. The third-order valence-electron chi connectivity index (χ3n) is 1.90. The fraction of sp³-hybridized carbons (Fsp3) is 0.273. The first-order chi connectivity index (χ1) is 6.25. The maximum Gasteiger partial charge on any atom is 0.0465 e. The number of hydrogen-bond acceptors (Lipinski definition) is 1. The summed E-state index contributed by atoms with van der Waals surface area (Å²) in [6.45, 7) is 2.28. The van der Waals surface area contributed by atoms with E-state index in [-0.39, 0.29) is 6.61 Å². The van der Waals surface area contributed by atoms with Crippen LogP contribution in [0.15, 0.2) is 28.7 Å². The zero-order valence-electron chi connectivity index (χ0n) is 7.63. The Balaban J connectivity index is 2.83. The number of benzene rings is 1. The molecule has 0 spiro atoms. The quantitative estimate of drug-likeness (QED) is 0.861. The molecule has 0 heterocycles. The van der Waals surface area contributed by atoms with Crippen LogP contribution in [-0.2, 0) is 0 Å². The van der Waals surface area contributed by atoms with Gasteiger partial charge in [0, 0.05) is 11.1 Å². The zero-order valence-corrected chi connectivity index (χ0v) is 9.21. The molecule has 1 N–H and O–H groups in total. The highest BCUT2D eigenvalue weighted by Gasteiger charge is 1.96. The van der Waals surface area contributed by atoms with Crippen LogP contribution in [0.25, 0.3) is 6.08 Å². The van der Waals surface area contributed by atoms with Crippen LogP contribution < -0.4 is 0 Å². The summed E-state index contributed by atoms with van der Waals surface area (Å²) in [5.74, 6) is 0. The Labute approximate surface area is 87.2 Å². The zero-order chi connectivity index (χ0) is 9.68. The molecule has 1 aromatic carbocycles. The fourth-order valence-electron chi connectivity index (χ4n) is 1.09. The van der Waals surface area contributed by atoms with E-state index in [1.165, 1.54) is 11.1 Å².